The summed E-state index contributed by atoms with van der Waals surface area (Å²) in [4.78, 5) is 30.8. The van der Waals surface area contributed by atoms with Crippen molar-refractivity contribution in [2.75, 3.05) is 13.2 Å². The van der Waals surface area contributed by atoms with Gasteiger partial charge in [-0.25, -0.2) is 0 Å². The first-order chi connectivity index (χ1) is 27.7. The molecular weight excluding hydrogens is 713 g/mol. The molecular formula is C54H106O4. The van der Waals surface area contributed by atoms with Gasteiger partial charge in [-0.1, -0.05) is 275 Å². The highest BCUT2D eigenvalue weighted by atomic mass is 16.5. The lowest BCUT2D eigenvalue weighted by molar-refractivity contribution is -0.190. The van der Waals surface area contributed by atoms with E-state index >= 15 is 9.59 Å². The van der Waals surface area contributed by atoms with Crippen molar-refractivity contribution in [2.24, 2.45) is 21.7 Å². The molecule has 0 spiro atoms. The molecule has 0 N–H and O–H groups in total. The Balaban J connectivity index is 7.07. The fraction of sp³-hybridized carbons (Fsp3) is 0.963. The lowest BCUT2D eigenvalue weighted by Crippen LogP contribution is -2.55. The Kier molecular flexibility index (Phi) is 34.9. The minimum Gasteiger partial charge on any atom is -0.465 e. The highest BCUT2D eigenvalue weighted by molar-refractivity contribution is 5.88. The molecule has 4 heteroatoms. The zero-order valence-corrected chi connectivity index (χ0v) is 41.5. The van der Waals surface area contributed by atoms with E-state index in [1.54, 1.807) is 0 Å². The number of hydrogen-bond donors (Lipinski definition) is 0. The average Bonchev–Trinajstić information content (AvgIpc) is 3.18. The number of rotatable bonds is 41. The van der Waals surface area contributed by atoms with Crippen LogP contribution in [0.3, 0.4) is 0 Å². The van der Waals surface area contributed by atoms with Crippen LogP contribution in [-0.4, -0.2) is 25.2 Å². The first-order valence-electron chi connectivity index (χ1n) is 26.1. The van der Waals surface area contributed by atoms with Crippen LogP contribution in [0.15, 0.2) is 0 Å². The zero-order valence-electron chi connectivity index (χ0n) is 41.5. The van der Waals surface area contributed by atoms with E-state index in [-0.39, 0.29) is 22.8 Å². The Bertz CT molecular complexity index is 824. The maximum Gasteiger partial charge on any atom is 0.313 e. The maximum atomic E-state index is 15.4. The summed E-state index contributed by atoms with van der Waals surface area (Å²) in [5.41, 5.74) is -2.05. The molecule has 58 heavy (non-hydrogen) atoms. The van der Waals surface area contributed by atoms with Crippen LogP contribution in [0.2, 0.25) is 0 Å². The molecule has 0 saturated heterocycles. The van der Waals surface area contributed by atoms with Crippen LogP contribution < -0.4 is 0 Å². The molecule has 0 heterocycles. The van der Waals surface area contributed by atoms with Crippen LogP contribution in [0, 0.1) is 21.7 Å². The second kappa shape index (κ2) is 35.5. The molecule has 0 amide bonds. The third-order valence-electron chi connectivity index (χ3n) is 12.8. The summed E-state index contributed by atoms with van der Waals surface area (Å²) in [5, 5.41) is 0. The molecule has 0 bridgehead atoms. The predicted octanol–water partition coefficient (Wildman–Crippen LogP) is 18.3. The summed E-state index contributed by atoms with van der Waals surface area (Å²) in [6, 6.07) is 0. The van der Waals surface area contributed by atoms with Crippen molar-refractivity contribution >= 4 is 11.9 Å². The molecule has 0 rings (SSSR count). The summed E-state index contributed by atoms with van der Waals surface area (Å²) in [6.45, 7) is 22.8. The molecule has 0 saturated carbocycles. The van der Waals surface area contributed by atoms with Crippen molar-refractivity contribution in [1.29, 1.82) is 0 Å². The van der Waals surface area contributed by atoms with Gasteiger partial charge in [0, 0.05) is 0 Å². The van der Waals surface area contributed by atoms with Gasteiger partial charge in [-0.05, 0) is 36.5 Å². The summed E-state index contributed by atoms with van der Waals surface area (Å²) < 4.78 is 13.1. The molecule has 0 aliphatic heterocycles. The smallest absolute Gasteiger partial charge is 0.313 e. The van der Waals surface area contributed by atoms with Gasteiger partial charge in [0.2, 0.25) is 0 Å². The molecule has 0 aromatic heterocycles. The standard InChI is InChI=1S/C54H106O4/c1-11-15-19-23-27-31-35-39-43-53(49(55)57-47-51(5,6)7,44-40-36-32-28-24-20-16-12-2)54(50(56)58-48-52(8,9)10,45-41-37-33-29-25-21-17-13-3)46-42-38-34-30-26-22-18-14-4/h11-48H2,1-10H3. The van der Waals surface area contributed by atoms with Crippen molar-refractivity contribution in [2.45, 2.75) is 300 Å². The Hall–Kier alpha value is -1.06. The molecule has 4 nitrogen and oxygen atoms in total. The molecule has 0 aliphatic rings. The minimum absolute atomic E-state index is 0.0971. The van der Waals surface area contributed by atoms with E-state index in [4.69, 9.17) is 9.47 Å². The largest absolute Gasteiger partial charge is 0.465 e. The summed E-state index contributed by atoms with van der Waals surface area (Å²) >= 11 is 0. The van der Waals surface area contributed by atoms with Crippen LogP contribution in [-0.2, 0) is 19.1 Å². The summed E-state index contributed by atoms with van der Waals surface area (Å²) in [7, 11) is 0. The van der Waals surface area contributed by atoms with Crippen molar-refractivity contribution in [3.63, 3.8) is 0 Å². The van der Waals surface area contributed by atoms with Crippen molar-refractivity contribution in [3.8, 4) is 0 Å². The maximum absolute atomic E-state index is 15.4. The fourth-order valence-electron chi connectivity index (χ4n) is 9.09. The zero-order chi connectivity index (χ0) is 43.4. The first kappa shape index (κ1) is 56.9. The molecule has 0 aliphatic carbocycles. The number of carbonyl (C=O) groups is 2. The van der Waals surface area contributed by atoms with E-state index in [1.165, 1.54) is 154 Å². The van der Waals surface area contributed by atoms with Gasteiger partial charge >= 0.3 is 11.9 Å². The van der Waals surface area contributed by atoms with Gasteiger partial charge in [0.15, 0.2) is 0 Å². The van der Waals surface area contributed by atoms with E-state index in [0.29, 0.717) is 13.2 Å². The van der Waals surface area contributed by atoms with Gasteiger partial charge in [-0.15, -0.1) is 0 Å². The van der Waals surface area contributed by atoms with Gasteiger partial charge in [0.05, 0.1) is 24.0 Å². The van der Waals surface area contributed by atoms with Crippen molar-refractivity contribution in [3.05, 3.63) is 0 Å². The van der Waals surface area contributed by atoms with Crippen LogP contribution in [0.5, 0.6) is 0 Å². The SMILES string of the molecule is CCCCCCCCCCC(CCCCCCCCCC)(C(=O)OCC(C)(C)C)C(CCCCCCCCCC)(CCCCCCCCCC)C(=O)OCC(C)(C)C. The highest BCUT2D eigenvalue weighted by Crippen LogP contribution is 2.56. The second-order valence-corrected chi connectivity index (χ2v) is 21.3. The Morgan fingerprint density at radius 1 is 0.293 bits per heavy atom. The van der Waals surface area contributed by atoms with Crippen molar-refractivity contribution in [1.82, 2.24) is 0 Å². The molecule has 0 fully saturated rings. The van der Waals surface area contributed by atoms with E-state index in [9.17, 15) is 0 Å². The Morgan fingerprint density at radius 2 is 0.466 bits per heavy atom. The second-order valence-electron chi connectivity index (χ2n) is 21.3. The number of carbonyl (C=O) groups excluding carboxylic acids is 2. The van der Waals surface area contributed by atoms with Crippen molar-refractivity contribution < 1.29 is 19.1 Å². The average molecular weight is 819 g/mol. The third kappa shape index (κ3) is 27.7. The lowest BCUT2D eigenvalue weighted by Gasteiger charge is -2.48. The number of hydrogen-bond acceptors (Lipinski definition) is 4. The first-order valence-corrected chi connectivity index (χ1v) is 26.1. The third-order valence-corrected chi connectivity index (χ3v) is 12.8. The molecule has 0 aromatic carbocycles. The van der Waals surface area contributed by atoms with Gasteiger partial charge in [-0.2, -0.15) is 0 Å². The molecule has 0 unspecified atom stereocenters. The number of esters is 2. The lowest BCUT2D eigenvalue weighted by atomic mass is 9.54. The minimum atomic E-state index is -0.875. The number of unbranched alkanes of at least 4 members (excludes halogenated alkanes) is 28. The quantitative estimate of drug-likeness (QED) is 0.0455. The van der Waals surface area contributed by atoms with Gasteiger partial charge in [0.25, 0.3) is 0 Å². The van der Waals surface area contributed by atoms with Gasteiger partial charge < -0.3 is 9.47 Å². The normalized spacial score (nSPS) is 12.7. The van der Waals surface area contributed by atoms with Crippen LogP contribution in [0.1, 0.15) is 300 Å². The van der Waals surface area contributed by atoms with Crippen LogP contribution >= 0.6 is 0 Å². The molecule has 0 radical (unpaired) electrons. The Labute approximate surface area is 365 Å². The summed E-state index contributed by atoms with van der Waals surface area (Å²) in [6.07, 6.45) is 41.9. The summed E-state index contributed by atoms with van der Waals surface area (Å²) in [5.74, 6) is -0.194. The molecule has 0 atom stereocenters. The van der Waals surface area contributed by atoms with Crippen LogP contribution in [0.4, 0.5) is 0 Å². The van der Waals surface area contributed by atoms with E-state index < -0.39 is 10.8 Å². The predicted molar refractivity (Wildman–Crippen MR) is 255 cm³/mol. The van der Waals surface area contributed by atoms with E-state index in [1.807, 2.05) is 0 Å². The van der Waals surface area contributed by atoms with Crippen LogP contribution in [0.25, 0.3) is 0 Å². The highest BCUT2D eigenvalue weighted by Gasteiger charge is 2.61. The molecule has 0 aromatic rings. The van der Waals surface area contributed by atoms with Gasteiger partial charge in [-0.3, -0.25) is 9.59 Å². The van der Waals surface area contributed by atoms with Gasteiger partial charge in [0.1, 0.15) is 0 Å². The van der Waals surface area contributed by atoms with E-state index in [2.05, 4.69) is 69.2 Å². The van der Waals surface area contributed by atoms with E-state index in [0.717, 1.165) is 77.0 Å². The monoisotopic (exact) mass is 819 g/mol. The fourth-order valence-corrected chi connectivity index (χ4v) is 9.09. The molecule has 346 valence electrons. The Morgan fingerprint density at radius 3 is 0.638 bits per heavy atom. The number of ether oxygens (including phenoxy) is 2. The topological polar surface area (TPSA) is 52.6 Å².